The van der Waals surface area contributed by atoms with Gasteiger partial charge >= 0.3 is 0 Å². The van der Waals surface area contributed by atoms with Gasteiger partial charge in [0.15, 0.2) is 17.6 Å². The van der Waals surface area contributed by atoms with Crippen molar-refractivity contribution in [1.82, 2.24) is 10.2 Å². The van der Waals surface area contributed by atoms with Gasteiger partial charge < -0.3 is 19.7 Å². The highest BCUT2D eigenvalue weighted by Crippen LogP contribution is 2.31. The minimum atomic E-state index is -0.111. The van der Waals surface area contributed by atoms with Gasteiger partial charge in [-0.1, -0.05) is 19.1 Å². The number of ether oxygens (including phenoxy) is 2. The zero-order chi connectivity index (χ0) is 16.9. The number of carbonyl (C=O) groups excluding carboxylic acids is 1. The lowest BCUT2D eigenvalue weighted by Crippen LogP contribution is -2.42. The van der Waals surface area contributed by atoms with Crippen LogP contribution in [0.5, 0.6) is 11.5 Å². The van der Waals surface area contributed by atoms with E-state index in [1.165, 1.54) is 12.8 Å². The molecule has 5 nitrogen and oxygen atoms in total. The molecule has 0 spiro atoms. The van der Waals surface area contributed by atoms with E-state index in [2.05, 4.69) is 12.2 Å². The van der Waals surface area contributed by atoms with Crippen molar-refractivity contribution in [2.75, 3.05) is 33.3 Å². The molecule has 1 fully saturated rings. The molecule has 0 saturated carbocycles. The van der Waals surface area contributed by atoms with Crippen LogP contribution < -0.4 is 14.8 Å². The maximum atomic E-state index is 12.5. The Balaban J connectivity index is 0.00000225. The normalized spacial score (nSPS) is 23.3. The second kappa shape index (κ2) is 9.30. The summed E-state index contributed by atoms with van der Waals surface area (Å²) < 4.78 is 11.7. The molecular formula is C19H29ClN2O3. The van der Waals surface area contributed by atoms with Crippen LogP contribution in [0, 0.1) is 11.8 Å². The van der Waals surface area contributed by atoms with Gasteiger partial charge in [0.05, 0.1) is 6.54 Å². The largest absolute Gasteiger partial charge is 0.486 e. The van der Waals surface area contributed by atoms with Crippen molar-refractivity contribution in [3.63, 3.8) is 0 Å². The van der Waals surface area contributed by atoms with Crippen molar-refractivity contribution in [3.05, 3.63) is 24.3 Å². The molecule has 1 aromatic rings. The summed E-state index contributed by atoms with van der Waals surface area (Å²) in [5.41, 5.74) is 0. The molecule has 3 unspecified atom stereocenters. The summed E-state index contributed by atoms with van der Waals surface area (Å²) in [6.45, 7) is 5.38. The van der Waals surface area contributed by atoms with E-state index >= 15 is 0 Å². The third-order valence-electron chi connectivity index (χ3n) is 5.11. The van der Waals surface area contributed by atoms with E-state index < -0.39 is 0 Å². The number of carbonyl (C=O) groups is 1. The highest BCUT2D eigenvalue weighted by Gasteiger charge is 2.26. The van der Waals surface area contributed by atoms with Crippen molar-refractivity contribution in [3.8, 4) is 11.5 Å². The van der Waals surface area contributed by atoms with E-state index in [0.29, 0.717) is 31.4 Å². The third-order valence-corrected chi connectivity index (χ3v) is 5.11. The number of likely N-dealkylation sites (N-methyl/N-ethyl adjacent to an activating group) is 1. The number of para-hydroxylation sites is 2. The second-order valence-corrected chi connectivity index (χ2v) is 7.06. The first kappa shape index (κ1) is 19.9. The standard InChI is InChI=1S/C19H28N2O3.ClH/c1-14(15-6-5-9-20-11-15)10-19(22)21(2)12-16-13-23-17-7-3-4-8-18(17)24-16;/h3-4,7-8,14-16,20H,5-6,9-13H2,1-2H3;1H. The predicted molar refractivity (Wildman–Crippen MR) is 101 cm³/mol. The molecule has 2 aliphatic rings. The summed E-state index contributed by atoms with van der Waals surface area (Å²) in [7, 11) is 1.86. The summed E-state index contributed by atoms with van der Waals surface area (Å²) in [5.74, 6) is 2.75. The lowest BCUT2D eigenvalue weighted by Gasteiger charge is -2.31. The fourth-order valence-electron chi connectivity index (χ4n) is 3.52. The van der Waals surface area contributed by atoms with Gasteiger partial charge in [-0.2, -0.15) is 0 Å². The lowest BCUT2D eigenvalue weighted by atomic mass is 9.85. The summed E-state index contributed by atoms with van der Waals surface area (Å²) in [5, 5.41) is 3.43. The van der Waals surface area contributed by atoms with E-state index in [9.17, 15) is 4.79 Å². The number of hydrogen-bond acceptors (Lipinski definition) is 4. The molecule has 3 atom stereocenters. The maximum Gasteiger partial charge on any atom is 0.222 e. The number of piperidine rings is 1. The monoisotopic (exact) mass is 368 g/mol. The molecule has 2 heterocycles. The number of rotatable bonds is 5. The first-order valence-electron chi connectivity index (χ1n) is 8.96. The van der Waals surface area contributed by atoms with Crippen LogP contribution in [-0.2, 0) is 4.79 Å². The van der Waals surface area contributed by atoms with E-state index in [4.69, 9.17) is 9.47 Å². The van der Waals surface area contributed by atoms with Gasteiger partial charge in [0.25, 0.3) is 0 Å². The Kier molecular flexibility index (Phi) is 7.38. The van der Waals surface area contributed by atoms with Gasteiger partial charge in [-0.3, -0.25) is 4.79 Å². The summed E-state index contributed by atoms with van der Waals surface area (Å²) >= 11 is 0. The van der Waals surface area contributed by atoms with Crippen molar-refractivity contribution < 1.29 is 14.3 Å². The minimum absolute atomic E-state index is 0. The molecule has 25 heavy (non-hydrogen) atoms. The topological polar surface area (TPSA) is 50.8 Å². The predicted octanol–water partition coefficient (Wildman–Crippen LogP) is 2.73. The Hall–Kier alpha value is -1.46. The molecule has 6 heteroatoms. The minimum Gasteiger partial charge on any atom is -0.486 e. The van der Waals surface area contributed by atoms with Gasteiger partial charge in [0.1, 0.15) is 6.61 Å². The molecule has 140 valence electrons. The first-order valence-corrected chi connectivity index (χ1v) is 8.96. The molecule has 1 saturated heterocycles. The highest BCUT2D eigenvalue weighted by molar-refractivity contribution is 5.85. The van der Waals surface area contributed by atoms with E-state index in [1.54, 1.807) is 4.90 Å². The van der Waals surface area contributed by atoms with Crippen molar-refractivity contribution in [1.29, 1.82) is 0 Å². The Morgan fingerprint density at radius 3 is 2.84 bits per heavy atom. The lowest BCUT2D eigenvalue weighted by molar-refractivity contribution is -0.132. The molecular weight excluding hydrogens is 340 g/mol. The Bertz CT molecular complexity index is 563. The number of hydrogen-bond donors (Lipinski definition) is 1. The Labute approximate surface area is 156 Å². The van der Waals surface area contributed by atoms with Crippen LogP contribution in [0.25, 0.3) is 0 Å². The molecule has 1 aromatic carbocycles. The molecule has 0 aromatic heterocycles. The van der Waals surface area contributed by atoms with Crippen molar-refractivity contribution in [2.24, 2.45) is 11.8 Å². The quantitative estimate of drug-likeness (QED) is 0.868. The molecule has 0 bridgehead atoms. The number of nitrogens with one attached hydrogen (secondary N) is 1. The van der Waals surface area contributed by atoms with Gasteiger partial charge in [0, 0.05) is 13.5 Å². The van der Waals surface area contributed by atoms with E-state index in [0.717, 1.165) is 24.6 Å². The SMILES string of the molecule is CC(CC(=O)N(C)CC1COc2ccccc2O1)C1CCCNC1.Cl. The second-order valence-electron chi connectivity index (χ2n) is 7.06. The van der Waals surface area contributed by atoms with Crippen molar-refractivity contribution in [2.45, 2.75) is 32.3 Å². The third kappa shape index (κ3) is 5.25. The smallest absolute Gasteiger partial charge is 0.222 e. The molecule has 0 aliphatic carbocycles. The van der Waals surface area contributed by atoms with Crippen LogP contribution in [0.4, 0.5) is 0 Å². The number of benzene rings is 1. The zero-order valence-electron chi connectivity index (χ0n) is 15.1. The number of fused-ring (bicyclic) bond motifs is 1. The number of nitrogens with zero attached hydrogens (tertiary/aromatic N) is 1. The molecule has 2 aliphatic heterocycles. The van der Waals surface area contributed by atoms with E-state index in [-0.39, 0.29) is 24.4 Å². The average molecular weight is 369 g/mol. The van der Waals surface area contributed by atoms with Crippen LogP contribution in [0.1, 0.15) is 26.2 Å². The van der Waals surface area contributed by atoms with Crippen LogP contribution in [0.2, 0.25) is 0 Å². The van der Waals surface area contributed by atoms with Gasteiger partial charge in [-0.25, -0.2) is 0 Å². The molecule has 3 rings (SSSR count). The maximum absolute atomic E-state index is 12.5. The molecule has 1 amide bonds. The first-order chi connectivity index (χ1) is 11.6. The molecule has 1 N–H and O–H groups in total. The number of amides is 1. The summed E-state index contributed by atoms with van der Waals surface area (Å²) in [4.78, 5) is 14.3. The Morgan fingerprint density at radius 2 is 2.12 bits per heavy atom. The van der Waals surface area contributed by atoms with Crippen molar-refractivity contribution >= 4 is 18.3 Å². The van der Waals surface area contributed by atoms with Crippen LogP contribution in [0.3, 0.4) is 0 Å². The zero-order valence-corrected chi connectivity index (χ0v) is 15.9. The highest BCUT2D eigenvalue weighted by atomic mass is 35.5. The van der Waals surface area contributed by atoms with Crippen LogP contribution >= 0.6 is 12.4 Å². The summed E-state index contributed by atoms with van der Waals surface area (Å²) in [6.07, 6.45) is 2.93. The van der Waals surface area contributed by atoms with Crippen LogP contribution in [-0.4, -0.2) is 50.2 Å². The molecule has 0 radical (unpaired) electrons. The van der Waals surface area contributed by atoms with Gasteiger partial charge in [-0.15, -0.1) is 12.4 Å². The fraction of sp³-hybridized carbons (Fsp3) is 0.632. The number of halogens is 1. The van der Waals surface area contributed by atoms with Crippen LogP contribution in [0.15, 0.2) is 24.3 Å². The fourth-order valence-corrected chi connectivity index (χ4v) is 3.52. The Morgan fingerprint density at radius 1 is 1.36 bits per heavy atom. The average Bonchev–Trinajstić information content (AvgIpc) is 2.62. The van der Waals surface area contributed by atoms with Gasteiger partial charge in [-0.05, 0) is 49.9 Å². The summed E-state index contributed by atoms with van der Waals surface area (Å²) in [6, 6.07) is 7.67. The van der Waals surface area contributed by atoms with E-state index in [1.807, 2.05) is 31.3 Å². The van der Waals surface area contributed by atoms with Gasteiger partial charge in [0.2, 0.25) is 5.91 Å².